The highest BCUT2D eigenvalue weighted by molar-refractivity contribution is 7.98. The van der Waals surface area contributed by atoms with E-state index < -0.39 is 10.0 Å². The van der Waals surface area contributed by atoms with Crippen molar-refractivity contribution in [2.75, 3.05) is 31.6 Å². The first-order valence-electron chi connectivity index (χ1n) is 7.77. The Balaban J connectivity index is 1.57. The van der Waals surface area contributed by atoms with Gasteiger partial charge in [0.2, 0.25) is 10.0 Å². The normalized spacial score (nSPS) is 17.7. The van der Waals surface area contributed by atoms with E-state index in [9.17, 15) is 8.42 Å². The van der Waals surface area contributed by atoms with Crippen LogP contribution in [0.15, 0.2) is 24.3 Å². The number of nitrogens with one attached hydrogen (secondary N) is 1. The van der Waals surface area contributed by atoms with Gasteiger partial charge in [0, 0.05) is 37.2 Å². The largest absolute Gasteiger partial charge is 0.313 e. The lowest BCUT2D eigenvalue weighted by Gasteiger charge is -2.30. The number of nitrogens with zero attached hydrogens (tertiary/aromatic N) is 1. The second kappa shape index (κ2) is 8.34. The monoisotopic (exact) mass is 342 g/mol. The fraction of sp³-hybridized carbons (Fsp3) is 0.625. The third kappa shape index (κ3) is 5.91. The van der Waals surface area contributed by atoms with Crippen LogP contribution in [-0.2, 0) is 15.8 Å². The van der Waals surface area contributed by atoms with Gasteiger partial charge in [-0.3, -0.25) is 0 Å². The van der Waals surface area contributed by atoms with Crippen molar-refractivity contribution >= 4 is 21.8 Å². The molecule has 0 aromatic heterocycles. The first-order valence-corrected chi connectivity index (χ1v) is 10.8. The summed E-state index contributed by atoms with van der Waals surface area (Å²) >= 11 is 1.94. The first-order chi connectivity index (χ1) is 10.4. The predicted octanol–water partition coefficient (Wildman–Crippen LogP) is 2.24. The highest BCUT2D eigenvalue weighted by atomic mass is 32.2. The van der Waals surface area contributed by atoms with Crippen molar-refractivity contribution in [2.45, 2.75) is 31.6 Å². The molecule has 0 unspecified atom stereocenters. The van der Waals surface area contributed by atoms with E-state index in [1.54, 1.807) is 4.31 Å². The van der Waals surface area contributed by atoms with Crippen molar-refractivity contribution in [3.05, 3.63) is 35.4 Å². The molecule has 0 aliphatic carbocycles. The second-order valence-corrected chi connectivity index (χ2v) is 9.02. The number of benzene rings is 1. The zero-order valence-corrected chi connectivity index (χ0v) is 15.0. The van der Waals surface area contributed by atoms with E-state index in [4.69, 9.17) is 0 Å². The average molecular weight is 343 g/mol. The van der Waals surface area contributed by atoms with Crippen LogP contribution in [0.3, 0.4) is 0 Å². The topological polar surface area (TPSA) is 49.4 Å². The van der Waals surface area contributed by atoms with Gasteiger partial charge in [0.05, 0.1) is 6.26 Å². The Morgan fingerprint density at radius 3 is 2.45 bits per heavy atom. The van der Waals surface area contributed by atoms with Crippen LogP contribution in [-0.4, -0.2) is 50.4 Å². The Labute approximate surface area is 138 Å². The zero-order valence-electron chi connectivity index (χ0n) is 13.4. The van der Waals surface area contributed by atoms with Crippen LogP contribution in [0.5, 0.6) is 0 Å². The van der Waals surface area contributed by atoms with Gasteiger partial charge in [0.25, 0.3) is 0 Å². The first kappa shape index (κ1) is 17.8. The SMILES string of the molecule is Cc1ccc(CSCCNC2CCN(S(C)(=O)=O)CC2)cc1. The predicted molar refractivity (Wildman–Crippen MR) is 94.8 cm³/mol. The van der Waals surface area contributed by atoms with E-state index in [1.165, 1.54) is 17.4 Å². The molecule has 1 aromatic carbocycles. The summed E-state index contributed by atoms with van der Waals surface area (Å²) < 4.78 is 24.5. The lowest BCUT2D eigenvalue weighted by atomic mass is 10.1. The molecule has 22 heavy (non-hydrogen) atoms. The maximum Gasteiger partial charge on any atom is 0.211 e. The summed E-state index contributed by atoms with van der Waals surface area (Å²) in [7, 11) is -3.01. The maximum atomic E-state index is 11.5. The molecule has 6 heteroatoms. The van der Waals surface area contributed by atoms with Gasteiger partial charge in [-0.2, -0.15) is 11.8 Å². The van der Waals surface area contributed by atoms with Crippen LogP contribution in [0, 0.1) is 6.92 Å². The molecule has 124 valence electrons. The Morgan fingerprint density at radius 1 is 1.23 bits per heavy atom. The minimum absolute atomic E-state index is 0.456. The number of piperidine rings is 1. The van der Waals surface area contributed by atoms with Crippen LogP contribution in [0.1, 0.15) is 24.0 Å². The van der Waals surface area contributed by atoms with Crippen molar-refractivity contribution in [1.29, 1.82) is 0 Å². The van der Waals surface area contributed by atoms with Crippen LogP contribution in [0.2, 0.25) is 0 Å². The molecule has 1 heterocycles. The molecule has 2 rings (SSSR count). The summed E-state index contributed by atoms with van der Waals surface area (Å²) in [6.45, 7) is 4.38. The molecule has 0 amide bonds. The molecule has 0 radical (unpaired) electrons. The lowest BCUT2D eigenvalue weighted by molar-refractivity contribution is 0.294. The van der Waals surface area contributed by atoms with Gasteiger partial charge in [-0.15, -0.1) is 0 Å². The van der Waals surface area contributed by atoms with Gasteiger partial charge in [-0.25, -0.2) is 12.7 Å². The number of rotatable bonds is 7. The molecule has 4 nitrogen and oxygen atoms in total. The highest BCUT2D eigenvalue weighted by Gasteiger charge is 2.24. The number of hydrogen-bond acceptors (Lipinski definition) is 4. The standard InChI is InChI=1S/C16H26N2O2S2/c1-14-3-5-15(6-4-14)13-21-12-9-17-16-7-10-18(11-8-16)22(2,19)20/h3-6,16-17H,7-13H2,1-2H3. The summed E-state index contributed by atoms with van der Waals surface area (Å²) in [6, 6.07) is 9.15. The van der Waals surface area contributed by atoms with E-state index in [1.807, 2.05) is 11.8 Å². The average Bonchev–Trinajstić information content (AvgIpc) is 2.48. The summed E-state index contributed by atoms with van der Waals surface area (Å²) in [6.07, 6.45) is 3.12. The van der Waals surface area contributed by atoms with Crippen LogP contribution in [0.4, 0.5) is 0 Å². The molecule has 1 fully saturated rings. The summed E-state index contributed by atoms with van der Waals surface area (Å²) in [4.78, 5) is 0. The van der Waals surface area contributed by atoms with E-state index in [-0.39, 0.29) is 0 Å². The number of hydrogen-bond donors (Lipinski definition) is 1. The van der Waals surface area contributed by atoms with Gasteiger partial charge in [-0.05, 0) is 25.3 Å². The van der Waals surface area contributed by atoms with Crippen molar-refractivity contribution in [2.24, 2.45) is 0 Å². The van der Waals surface area contributed by atoms with Crippen LogP contribution >= 0.6 is 11.8 Å². The summed E-state index contributed by atoms with van der Waals surface area (Å²) in [5.74, 6) is 2.13. The maximum absolute atomic E-state index is 11.5. The molecule has 1 aliphatic heterocycles. The van der Waals surface area contributed by atoms with Crippen LogP contribution < -0.4 is 5.32 Å². The molecule has 0 bridgehead atoms. The van der Waals surface area contributed by atoms with Crippen molar-refractivity contribution < 1.29 is 8.42 Å². The van der Waals surface area contributed by atoms with E-state index in [2.05, 4.69) is 36.5 Å². The molecule has 1 aliphatic rings. The van der Waals surface area contributed by atoms with Gasteiger partial charge in [-0.1, -0.05) is 29.8 Å². The number of aryl methyl sites for hydroxylation is 1. The zero-order chi connectivity index (χ0) is 16.0. The van der Waals surface area contributed by atoms with E-state index in [0.29, 0.717) is 19.1 Å². The molecule has 1 saturated heterocycles. The Hall–Kier alpha value is -0.560. The van der Waals surface area contributed by atoms with Crippen molar-refractivity contribution in [1.82, 2.24) is 9.62 Å². The van der Waals surface area contributed by atoms with Crippen molar-refractivity contribution in [3.63, 3.8) is 0 Å². The Morgan fingerprint density at radius 2 is 1.86 bits per heavy atom. The molecule has 1 aromatic rings. The van der Waals surface area contributed by atoms with Gasteiger partial charge < -0.3 is 5.32 Å². The second-order valence-electron chi connectivity index (χ2n) is 5.93. The molecular weight excluding hydrogens is 316 g/mol. The van der Waals surface area contributed by atoms with E-state index in [0.717, 1.165) is 30.9 Å². The summed E-state index contributed by atoms with van der Waals surface area (Å²) in [5.41, 5.74) is 2.67. The highest BCUT2D eigenvalue weighted by Crippen LogP contribution is 2.15. The third-order valence-electron chi connectivity index (χ3n) is 3.99. The smallest absolute Gasteiger partial charge is 0.211 e. The fourth-order valence-corrected chi connectivity index (χ4v) is 4.31. The molecule has 0 spiro atoms. The lowest BCUT2D eigenvalue weighted by Crippen LogP contribution is -2.44. The number of sulfonamides is 1. The number of thioether (sulfide) groups is 1. The Bertz CT molecular complexity index is 550. The molecule has 1 N–H and O–H groups in total. The third-order valence-corrected chi connectivity index (χ3v) is 6.33. The minimum Gasteiger partial charge on any atom is -0.313 e. The minimum atomic E-state index is -3.01. The fourth-order valence-electron chi connectivity index (χ4n) is 2.60. The molecular formula is C16H26N2O2S2. The van der Waals surface area contributed by atoms with Crippen LogP contribution in [0.25, 0.3) is 0 Å². The molecule has 0 atom stereocenters. The summed E-state index contributed by atoms with van der Waals surface area (Å²) in [5, 5.41) is 3.55. The Kier molecular flexibility index (Phi) is 6.74. The van der Waals surface area contributed by atoms with Gasteiger partial charge in [0.15, 0.2) is 0 Å². The van der Waals surface area contributed by atoms with Gasteiger partial charge in [0.1, 0.15) is 0 Å². The van der Waals surface area contributed by atoms with Gasteiger partial charge >= 0.3 is 0 Å². The quantitative estimate of drug-likeness (QED) is 0.772. The molecule has 0 saturated carbocycles. The van der Waals surface area contributed by atoms with Crippen molar-refractivity contribution in [3.8, 4) is 0 Å². The van der Waals surface area contributed by atoms with E-state index >= 15 is 0 Å².